The van der Waals surface area contributed by atoms with E-state index in [4.69, 9.17) is 4.74 Å². The highest BCUT2D eigenvalue weighted by Crippen LogP contribution is 2.33. The van der Waals surface area contributed by atoms with E-state index in [0.29, 0.717) is 48.5 Å². The van der Waals surface area contributed by atoms with Gasteiger partial charge >= 0.3 is 6.18 Å². The number of amidine groups is 1. The van der Waals surface area contributed by atoms with Crippen LogP contribution in [0.5, 0.6) is 5.75 Å². The number of rotatable bonds is 5. The minimum Gasteiger partial charge on any atom is -0.494 e. The number of ether oxygens (including phenoxy) is 1. The number of piperazine rings is 1. The normalized spacial score (nSPS) is 18.1. The van der Waals surface area contributed by atoms with Crippen molar-refractivity contribution in [2.45, 2.75) is 19.5 Å². The van der Waals surface area contributed by atoms with Crippen LogP contribution < -0.4 is 9.64 Å². The van der Waals surface area contributed by atoms with Crippen LogP contribution in [0.25, 0.3) is 6.08 Å². The highest BCUT2D eigenvalue weighted by Gasteiger charge is 2.32. The van der Waals surface area contributed by atoms with Crippen molar-refractivity contribution in [2.24, 2.45) is 4.99 Å². The van der Waals surface area contributed by atoms with Gasteiger partial charge in [-0.15, -0.1) is 0 Å². The van der Waals surface area contributed by atoms with E-state index in [1.807, 2.05) is 47.1 Å². The third kappa shape index (κ3) is 5.71. The number of aliphatic imine (C=N–C) groups is 1. The molecule has 0 N–H and O–H groups in total. The molecular weight excluding hydrogens is 451 g/mol. The quantitative estimate of drug-likeness (QED) is 0.550. The molecule has 2 aliphatic heterocycles. The van der Waals surface area contributed by atoms with Gasteiger partial charge < -0.3 is 14.5 Å². The Labute approximate surface area is 194 Å². The summed E-state index contributed by atoms with van der Waals surface area (Å²) >= 11 is 1.33. The number of halogens is 3. The van der Waals surface area contributed by atoms with E-state index in [2.05, 4.69) is 4.99 Å². The van der Waals surface area contributed by atoms with Crippen LogP contribution in [0.2, 0.25) is 0 Å². The molecule has 2 aromatic carbocycles. The van der Waals surface area contributed by atoms with Crippen LogP contribution in [0.4, 0.5) is 18.9 Å². The van der Waals surface area contributed by atoms with Gasteiger partial charge in [-0.1, -0.05) is 25.1 Å². The third-order valence-electron chi connectivity index (χ3n) is 5.35. The lowest BCUT2D eigenvalue weighted by atomic mass is 10.1. The van der Waals surface area contributed by atoms with E-state index in [9.17, 15) is 18.0 Å². The van der Waals surface area contributed by atoms with E-state index >= 15 is 0 Å². The number of anilines is 1. The molecule has 0 atom stereocenters. The second-order valence-corrected chi connectivity index (χ2v) is 8.76. The molecule has 0 aromatic heterocycles. The Kier molecular flexibility index (Phi) is 6.97. The van der Waals surface area contributed by atoms with Crippen molar-refractivity contribution >= 4 is 34.6 Å². The Balaban J connectivity index is 1.36. The molecule has 0 spiro atoms. The molecule has 1 amide bonds. The highest BCUT2D eigenvalue weighted by molar-refractivity contribution is 8.18. The first-order valence-corrected chi connectivity index (χ1v) is 11.6. The fourth-order valence-electron chi connectivity index (χ4n) is 3.60. The second-order valence-electron chi connectivity index (χ2n) is 7.75. The van der Waals surface area contributed by atoms with Crippen LogP contribution >= 0.6 is 11.8 Å². The standard InChI is InChI=1S/C24H24F3N3O2S/c1-2-14-32-20-8-6-17(7-9-20)15-21-22(31)28-23(33-21)30-12-10-29(11-13-30)19-5-3-4-18(16-19)24(25,26)27/h3-9,15-16H,2,10-14H2,1H3/b21-15+. The third-order valence-corrected chi connectivity index (χ3v) is 6.39. The van der Waals surface area contributed by atoms with Gasteiger partial charge in [0.1, 0.15) is 5.75 Å². The predicted octanol–water partition coefficient (Wildman–Crippen LogP) is 5.29. The first-order valence-electron chi connectivity index (χ1n) is 10.8. The Morgan fingerprint density at radius 2 is 1.76 bits per heavy atom. The maximum Gasteiger partial charge on any atom is 0.416 e. The topological polar surface area (TPSA) is 45.1 Å². The van der Waals surface area contributed by atoms with Crippen molar-refractivity contribution in [3.8, 4) is 5.75 Å². The van der Waals surface area contributed by atoms with Gasteiger partial charge in [0.15, 0.2) is 5.17 Å². The average molecular weight is 476 g/mol. The maximum atomic E-state index is 13.0. The van der Waals surface area contributed by atoms with Crippen LogP contribution in [0.1, 0.15) is 24.5 Å². The highest BCUT2D eigenvalue weighted by atomic mass is 32.2. The van der Waals surface area contributed by atoms with Crippen molar-refractivity contribution in [3.63, 3.8) is 0 Å². The zero-order valence-electron chi connectivity index (χ0n) is 18.1. The number of carbonyl (C=O) groups excluding carboxylic acids is 1. The Morgan fingerprint density at radius 3 is 2.42 bits per heavy atom. The van der Waals surface area contributed by atoms with Crippen LogP contribution in [0.3, 0.4) is 0 Å². The van der Waals surface area contributed by atoms with Crippen molar-refractivity contribution < 1.29 is 22.7 Å². The maximum absolute atomic E-state index is 13.0. The summed E-state index contributed by atoms with van der Waals surface area (Å²) < 4.78 is 44.6. The second kappa shape index (κ2) is 9.91. The van der Waals surface area contributed by atoms with E-state index in [0.717, 1.165) is 23.8 Å². The van der Waals surface area contributed by atoms with E-state index in [-0.39, 0.29) is 5.91 Å². The largest absolute Gasteiger partial charge is 0.494 e. The molecule has 2 heterocycles. The molecule has 1 fully saturated rings. The number of carbonyl (C=O) groups is 1. The molecule has 33 heavy (non-hydrogen) atoms. The summed E-state index contributed by atoms with van der Waals surface area (Å²) in [7, 11) is 0. The van der Waals surface area contributed by atoms with E-state index in [1.54, 1.807) is 6.07 Å². The molecular formula is C24H24F3N3O2S. The number of benzene rings is 2. The van der Waals surface area contributed by atoms with E-state index in [1.165, 1.54) is 23.9 Å². The molecule has 2 aromatic rings. The predicted molar refractivity (Wildman–Crippen MR) is 125 cm³/mol. The lowest BCUT2D eigenvalue weighted by Gasteiger charge is -2.36. The van der Waals surface area contributed by atoms with Gasteiger partial charge in [0.25, 0.3) is 5.91 Å². The van der Waals surface area contributed by atoms with Gasteiger partial charge in [0.2, 0.25) is 0 Å². The Bertz CT molecular complexity index is 1060. The number of thioether (sulfide) groups is 1. The molecule has 4 rings (SSSR count). The minimum absolute atomic E-state index is 0.276. The van der Waals surface area contributed by atoms with Gasteiger partial charge in [-0.3, -0.25) is 4.79 Å². The molecule has 174 valence electrons. The van der Waals surface area contributed by atoms with Crippen molar-refractivity contribution in [1.29, 1.82) is 0 Å². The molecule has 0 unspecified atom stereocenters. The fourth-order valence-corrected chi connectivity index (χ4v) is 4.56. The zero-order chi connectivity index (χ0) is 23.4. The monoisotopic (exact) mass is 475 g/mol. The van der Waals surface area contributed by atoms with Crippen LogP contribution in [-0.2, 0) is 11.0 Å². The molecule has 0 saturated carbocycles. The number of hydrogen-bond donors (Lipinski definition) is 0. The lowest BCUT2D eigenvalue weighted by Crippen LogP contribution is -2.47. The molecule has 2 aliphatic rings. The first-order chi connectivity index (χ1) is 15.8. The van der Waals surface area contributed by atoms with Gasteiger partial charge in [0, 0.05) is 31.9 Å². The van der Waals surface area contributed by atoms with Crippen molar-refractivity contribution in [3.05, 3.63) is 64.6 Å². The number of alkyl halides is 3. The number of amides is 1. The van der Waals surface area contributed by atoms with Crippen LogP contribution in [0, 0.1) is 0 Å². The summed E-state index contributed by atoms with van der Waals surface area (Å²) in [5, 5.41) is 0.637. The molecule has 0 aliphatic carbocycles. The molecule has 9 heteroatoms. The first kappa shape index (κ1) is 23.2. The van der Waals surface area contributed by atoms with Crippen molar-refractivity contribution in [1.82, 2.24) is 4.90 Å². The van der Waals surface area contributed by atoms with Gasteiger partial charge in [-0.25, -0.2) is 0 Å². The minimum atomic E-state index is -4.36. The number of hydrogen-bond acceptors (Lipinski definition) is 5. The summed E-state index contributed by atoms with van der Waals surface area (Å²) in [6.45, 7) is 4.95. The summed E-state index contributed by atoms with van der Waals surface area (Å²) in [5.41, 5.74) is 0.789. The van der Waals surface area contributed by atoms with Crippen molar-refractivity contribution in [2.75, 3.05) is 37.7 Å². The summed E-state index contributed by atoms with van der Waals surface area (Å²) in [6.07, 6.45) is -1.61. The van der Waals surface area contributed by atoms with Gasteiger partial charge in [-0.2, -0.15) is 18.2 Å². The molecule has 0 radical (unpaired) electrons. The van der Waals surface area contributed by atoms with Crippen LogP contribution in [-0.4, -0.2) is 48.8 Å². The summed E-state index contributed by atoms with van der Waals surface area (Å²) in [4.78, 5) is 21.1. The summed E-state index contributed by atoms with van der Waals surface area (Å²) in [5.74, 6) is 0.515. The molecule has 1 saturated heterocycles. The number of nitrogens with zero attached hydrogens (tertiary/aromatic N) is 3. The zero-order valence-corrected chi connectivity index (χ0v) is 19.0. The van der Waals surface area contributed by atoms with Gasteiger partial charge in [0.05, 0.1) is 17.1 Å². The fraction of sp³-hybridized carbons (Fsp3) is 0.333. The average Bonchev–Trinajstić information content (AvgIpc) is 3.18. The molecule has 5 nitrogen and oxygen atoms in total. The Hall–Kier alpha value is -2.94. The SMILES string of the molecule is CCCOc1ccc(/C=C2/SC(N3CCN(c4cccc(C(F)(F)F)c4)CC3)=NC2=O)cc1. The van der Waals surface area contributed by atoms with E-state index < -0.39 is 11.7 Å². The van der Waals surface area contributed by atoms with Gasteiger partial charge in [-0.05, 0) is 60.2 Å². The van der Waals surface area contributed by atoms with Crippen LogP contribution in [0.15, 0.2) is 58.4 Å². The lowest BCUT2D eigenvalue weighted by molar-refractivity contribution is -0.137. The summed E-state index contributed by atoms with van der Waals surface area (Å²) in [6, 6.07) is 12.9. The molecule has 0 bridgehead atoms. The smallest absolute Gasteiger partial charge is 0.416 e. The Morgan fingerprint density at radius 1 is 1.06 bits per heavy atom.